The van der Waals surface area contributed by atoms with Gasteiger partial charge in [-0.25, -0.2) is 0 Å². The number of benzene rings is 1. The van der Waals surface area contributed by atoms with E-state index in [9.17, 15) is 0 Å². The van der Waals surface area contributed by atoms with Gasteiger partial charge in [-0.05, 0) is 23.6 Å². The van der Waals surface area contributed by atoms with Crippen LogP contribution < -0.4 is 5.32 Å². The molecule has 0 spiro atoms. The third kappa shape index (κ3) is 1.70. The number of fused-ring (bicyclic) bond motifs is 1. The molecule has 1 aliphatic rings. The maximum Gasteiger partial charge on any atom is 0.0588 e. The molecular formula is C10H12ClNO. The second-order valence-corrected chi connectivity index (χ2v) is 3.75. The lowest BCUT2D eigenvalue weighted by atomic mass is 9.96. The van der Waals surface area contributed by atoms with Crippen molar-refractivity contribution in [2.75, 3.05) is 6.61 Å². The molecule has 2 nitrogen and oxygen atoms in total. The summed E-state index contributed by atoms with van der Waals surface area (Å²) in [7, 11) is 0. The summed E-state index contributed by atoms with van der Waals surface area (Å²) in [5.74, 6) is 0. The van der Waals surface area contributed by atoms with Crippen LogP contribution in [-0.4, -0.2) is 17.8 Å². The molecule has 0 saturated heterocycles. The SMILES string of the molecule is OCC1Cc2c(Cl)cccc2CN1. The zero-order valence-corrected chi connectivity index (χ0v) is 8.01. The molecule has 13 heavy (non-hydrogen) atoms. The number of hydrogen-bond donors (Lipinski definition) is 2. The Bertz CT molecular complexity index is 314. The second kappa shape index (κ2) is 3.66. The summed E-state index contributed by atoms with van der Waals surface area (Å²) in [4.78, 5) is 0. The zero-order chi connectivity index (χ0) is 9.26. The summed E-state index contributed by atoms with van der Waals surface area (Å²) >= 11 is 6.06. The largest absolute Gasteiger partial charge is 0.395 e. The molecule has 1 atom stereocenters. The van der Waals surface area contributed by atoms with Gasteiger partial charge >= 0.3 is 0 Å². The van der Waals surface area contributed by atoms with Crippen LogP contribution in [0.5, 0.6) is 0 Å². The summed E-state index contributed by atoms with van der Waals surface area (Å²) in [6.07, 6.45) is 0.825. The molecule has 1 aliphatic heterocycles. The zero-order valence-electron chi connectivity index (χ0n) is 7.26. The maximum atomic E-state index is 9.00. The van der Waals surface area contributed by atoms with Crippen molar-refractivity contribution in [3.8, 4) is 0 Å². The fraction of sp³-hybridized carbons (Fsp3) is 0.400. The van der Waals surface area contributed by atoms with Crippen molar-refractivity contribution < 1.29 is 5.11 Å². The lowest BCUT2D eigenvalue weighted by molar-refractivity contribution is 0.236. The van der Waals surface area contributed by atoms with Gasteiger partial charge in [0.05, 0.1) is 6.61 Å². The summed E-state index contributed by atoms with van der Waals surface area (Å²) in [5, 5.41) is 13.1. The molecule has 0 saturated carbocycles. The predicted octanol–water partition coefficient (Wildman–Crippen LogP) is 1.35. The molecule has 1 aromatic carbocycles. The summed E-state index contributed by atoms with van der Waals surface area (Å²) in [6, 6.07) is 6.09. The second-order valence-electron chi connectivity index (χ2n) is 3.34. The molecule has 0 bridgehead atoms. The molecule has 0 fully saturated rings. The topological polar surface area (TPSA) is 32.3 Å². The fourth-order valence-electron chi connectivity index (χ4n) is 1.70. The molecule has 2 N–H and O–H groups in total. The maximum absolute atomic E-state index is 9.00. The van der Waals surface area contributed by atoms with Crippen LogP contribution in [0.1, 0.15) is 11.1 Å². The lowest BCUT2D eigenvalue weighted by Gasteiger charge is -2.25. The van der Waals surface area contributed by atoms with E-state index >= 15 is 0 Å². The summed E-state index contributed by atoms with van der Waals surface area (Å²) in [5.41, 5.74) is 2.43. The lowest BCUT2D eigenvalue weighted by Crippen LogP contribution is -2.38. The minimum atomic E-state index is 0.160. The van der Waals surface area contributed by atoms with E-state index in [0.717, 1.165) is 18.0 Å². The van der Waals surface area contributed by atoms with Crippen LogP contribution in [0.2, 0.25) is 5.02 Å². The Morgan fingerprint density at radius 3 is 3.15 bits per heavy atom. The third-order valence-electron chi connectivity index (χ3n) is 2.47. The average molecular weight is 198 g/mol. The molecule has 1 heterocycles. The summed E-state index contributed by atoms with van der Waals surface area (Å²) in [6.45, 7) is 0.978. The first-order chi connectivity index (χ1) is 6.31. The highest BCUT2D eigenvalue weighted by Crippen LogP contribution is 2.24. The van der Waals surface area contributed by atoms with E-state index in [1.54, 1.807) is 0 Å². The Hall–Kier alpha value is -0.570. The smallest absolute Gasteiger partial charge is 0.0588 e. The number of halogens is 1. The standard InChI is InChI=1S/C10H12ClNO/c11-10-3-1-2-7-5-12-8(6-13)4-9(7)10/h1-3,8,12-13H,4-6H2. The summed E-state index contributed by atoms with van der Waals surface area (Å²) < 4.78 is 0. The number of hydrogen-bond acceptors (Lipinski definition) is 2. The Kier molecular flexibility index (Phi) is 2.54. The van der Waals surface area contributed by atoms with Gasteiger partial charge in [0.2, 0.25) is 0 Å². The van der Waals surface area contributed by atoms with Crippen LogP contribution in [0, 0.1) is 0 Å². The van der Waals surface area contributed by atoms with E-state index in [1.807, 2.05) is 12.1 Å². The molecular weight excluding hydrogens is 186 g/mol. The van der Waals surface area contributed by atoms with E-state index in [1.165, 1.54) is 11.1 Å². The van der Waals surface area contributed by atoms with Crippen LogP contribution >= 0.6 is 11.6 Å². The van der Waals surface area contributed by atoms with Crippen LogP contribution in [0.3, 0.4) is 0 Å². The minimum absolute atomic E-state index is 0.160. The molecule has 2 rings (SSSR count). The first-order valence-corrected chi connectivity index (χ1v) is 4.79. The predicted molar refractivity (Wildman–Crippen MR) is 52.9 cm³/mol. The van der Waals surface area contributed by atoms with Gasteiger partial charge in [-0.3, -0.25) is 0 Å². The van der Waals surface area contributed by atoms with E-state index in [0.29, 0.717) is 0 Å². The van der Waals surface area contributed by atoms with E-state index in [-0.39, 0.29) is 12.6 Å². The highest BCUT2D eigenvalue weighted by Gasteiger charge is 2.18. The van der Waals surface area contributed by atoms with Crippen molar-refractivity contribution in [2.24, 2.45) is 0 Å². The highest BCUT2D eigenvalue weighted by atomic mass is 35.5. The third-order valence-corrected chi connectivity index (χ3v) is 2.82. The monoisotopic (exact) mass is 197 g/mol. The molecule has 1 unspecified atom stereocenters. The first-order valence-electron chi connectivity index (χ1n) is 4.42. The number of aliphatic hydroxyl groups excluding tert-OH is 1. The Morgan fingerprint density at radius 1 is 1.54 bits per heavy atom. The highest BCUT2D eigenvalue weighted by molar-refractivity contribution is 6.31. The number of aliphatic hydroxyl groups is 1. The Morgan fingerprint density at radius 2 is 2.38 bits per heavy atom. The van der Waals surface area contributed by atoms with Crippen molar-refractivity contribution in [1.29, 1.82) is 0 Å². The molecule has 0 aliphatic carbocycles. The fourth-order valence-corrected chi connectivity index (χ4v) is 1.97. The van der Waals surface area contributed by atoms with Crippen LogP contribution in [0.15, 0.2) is 18.2 Å². The van der Waals surface area contributed by atoms with E-state index < -0.39 is 0 Å². The van der Waals surface area contributed by atoms with Gasteiger partial charge < -0.3 is 10.4 Å². The van der Waals surface area contributed by atoms with Gasteiger partial charge in [0.15, 0.2) is 0 Å². The van der Waals surface area contributed by atoms with Gasteiger partial charge in [0, 0.05) is 17.6 Å². The van der Waals surface area contributed by atoms with Gasteiger partial charge in [0.1, 0.15) is 0 Å². The molecule has 0 aromatic heterocycles. The van der Waals surface area contributed by atoms with Gasteiger partial charge in [-0.1, -0.05) is 23.7 Å². The number of rotatable bonds is 1. The van der Waals surface area contributed by atoms with E-state index in [4.69, 9.17) is 16.7 Å². The quantitative estimate of drug-likeness (QED) is 0.713. The van der Waals surface area contributed by atoms with Gasteiger partial charge in [-0.2, -0.15) is 0 Å². The molecule has 70 valence electrons. The average Bonchev–Trinajstić information content (AvgIpc) is 2.18. The molecule has 3 heteroatoms. The van der Waals surface area contributed by atoms with Crippen molar-refractivity contribution in [3.63, 3.8) is 0 Å². The molecule has 1 aromatic rings. The molecule has 0 radical (unpaired) electrons. The van der Waals surface area contributed by atoms with Crippen LogP contribution in [-0.2, 0) is 13.0 Å². The van der Waals surface area contributed by atoms with Crippen molar-refractivity contribution >= 4 is 11.6 Å². The first kappa shape index (κ1) is 9.00. The van der Waals surface area contributed by atoms with E-state index in [2.05, 4.69) is 11.4 Å². The minimum Gasteiger partial charge on any atom is -0.395 e. The Balaban J connectivity index is 2.32. The van der Waals surface area contributed by atoms with Crippen molar-refractivity contribution in [2.45, 2.75) is 19.0 Å². The van der Waals surface area contributed by atoms with Crippen LogP contribution in [0.25, 0.3) is 0 Å². The van der Waals surface area contributed by atoms with Crippen LogP contribution in [0.4, 0.5) is 0 Å². The normalized spacial score (nSPS) is 21.2. The van der Waals surface area contributed by atoms with Crippen molar-refractivity contribution in [3.05, 3.63) is 34.3 Å². The molecule has 0 amide bonds. The van der Waals surface area contributed by atoms with Gasteiger partial charge in [-0.15, -0.1) is 0 Å². The van der Waals surface area contributed by atoms with Crippen molar-refractivity contribution in [1.82, 2.24) is 5.32 Å². The van der Waals surface area contributed by atoms with Gasteiger partial charge in [0.25, 0.3) is 0 Å². The Labute approximate surface area is 82.5 Å². The number of nitrogens with one attached hydrogen (secondary N) is 1.